The molecule has 1 saturated heterocycles. The van der Waals surface area contributed by atoms with Gasteiger partial charge in [-0.2, -0.15) is 0 Å². The van der Waals surface area contributed by atoms with Gasteiger partial charge >= 0.3 is 0 Å². The maximum absolute atomic E-state index is 12.6. The fraction of sp³-hybridized carbons (Fsp3) is 0.526. The second kappa shape index (κ2) is 6.47. The van der Waals surface area contributed by atoms with Crippen molar-refractivity contribution in [3.8, 4) is 10.6 Å². The topological polar surface area (TPSA) is 39.3 Å². The fourth-order valence-corrected chi connectivity index (χ4v) is 5.07. The number of aromatic amines is 1. The molecule has 3 heterocycles. The highest BCUT2D eigenvalue weighted by Crippen LogP contribution is 2.38. The van der Waals surface area contributed by atoms with E-state index in [0.717, 1.165) is 42.3 Å². The zero-order valence-electron chi connectivity index (χ0n) is 14.3. The van der Waals surface area contributed by atoms with Gasteiger partial charge in [0.05, 0.1) is 10.6 Å². The smallest absolute Gasteiger partial charge is 0.186 e. The summed E-state index contributed by atoms with van der Waals surface area (Å²) in [5.74, 6) is 0. The van der Waals surface area contributed by atoms with Crippen LogP contribution >= 0.6 is 11.3 Å². The van der Waals surface area contributed by atoms with Crippen LogP contribution in [0.1, 0.15) is 31.2 Å². The Morgan fingerprint density at radius 3 is 2.83 bits per heavy atom. The van der Waals surface area contributed by atoms with Crippen molar-refractivity contribution in [1.29, 1.82) is 0 Å². The van der Waals surface area contributed by atoms with Crippen LogP contribution in [0.25, 0.3) is 10.6 Å². The number of likely N-dealkylation sites (N-methyl/N-ethyl adjacent to an activating group) is 1. The van der Waals surface area contributed by atoms with Gasteiger partial charge in [0.2, 0.25) is 0 Å². The van der Waals surface area contributed by atoms with Crippen LogP contribution in [-0.2, 0) is 6.54 Å². The van der Waals surface area contributed by atoms with E-state index in [1.54, 1.807) is 17.4 Å². The van der Waals surface area contributed by atoms with Gasteiger partial charge in [0, 0.05) is 49.5 Å². The van der Waals surface area contributed by atoms with E-state index in [1.165, 1.54) is 25.7 Å². The molecule has 24 heavy (non-hydrogen) atoms. The molecule has 0 bridgehead atoms. The Kier molecular flexibility index (Phi) is 4.33. The molecule has 1 N–H and O–H groups in total. The first-order chi connectivity index (χ1) is 11.7. The van der Waals surface area contributed by atoms with E-state index < -0.39 is 0 Å². The van der Waals surface area contributed by atoms with Gasteiger partial charge in [-0.1, -0.05) is 18.9 Å². The number of rotatable bonds is 3. The van der Waals surface area contributed by atoms with E-state index in [-0.39, 0.29) is 11.0 Å². The van der Waals surface area contributed by atoms with E-state index in [2.05, 4.69) is 21.8 Å². The van der Waals surface area contributed by atoms with Crippen molar-refractivity contribution in [1.82, 2.24) is 14.8 Å². The van der Waals surface area contributed by atoms with Crippen LogP contribution < -0.4 is 5.43 Å². The second-order valence-corrected chi connectivity index (χ2v) is 8.25. The summed E-state index contributed by atoms with van der Waals surface area (Å²) in [7, 11) is 2.22. The summed E-state index contributed by atoms with van der Waals surface area (Å²) >= 11 is 1.66. The Labute approximate surface area is 147 Å². The van der Waals surface area contributed by atoms with Crippen LogP contribution in [0.5, 0.6) is 0 Å². The Balaban J connectivity index is 1.57. The average molecular weight is 343 g/mol. The molecule has 2 aromatic rings. The van der Waals surface area contributed by atoms with E-state index in [1.807, 2.05) is 23.7 Å². The quantitative estimate of drug-likeness (QED) is 0.930. The molecule has 2 aliphatic rings. The van der Waals surface area contributed by atoms with Crippen LogP contribution in [0.3, 0.4) is 0 Å². The summed E-state index contributed by atoms with van der Waals surface area (Å²) in [6.07, 6.45) is 7.10. The lowest BCUT2D eigenvalue weighted by Gasteiger charge is -2.48. The van der Waals surface area contributed by atoms with Crippen molar-refractivity contribution in [3.05, 3.63) is 45.6 Å². The summed E-state index contributed by atoms with van der Waals surface area (Å²) in [6, 6.07) is 5.82. The first kappa shape index (κ1) is 16.1. The highest BCUT2D eigenvalue weighted by atomic mass is 32.1. The Morgan fingerprint density at radius 2 is 2.12 bits per heavy atom. The van der Waals surface area contributed by atoms with Crippen molar-refractivity contribution < 1.29 is 0 Å². The zero-order valence-corrected chi connectivity index (χ0v) is 15.1. The van der Waals surface area contributed by atoms with Crippen LogP contribution in [-0.4, -0.2) is 47.0 Å². The minimum Gasteiger partial charge on any atom is -0.360 e. The highest BCUT2D eigenvalue weighted by molar-refractivity contribution is 7.13. The molecule has 2 fully saturated rings. The third-order valence-corrected chi connectivity index (χ3v) is 6.57. The number of hydrogen-bond acceptors (Lipinski definition) is 4. The molecule has 0 unspecified atom stereocenters. The highest BCUT2D eigenvalue weighted by Gasteiger charge is 2.42. The van der Waals surface area contributed by atoms with E-state index in [0.29, 0.717) is 0 Å². The summed E-state index contributed by atoms with van der Waals surface area (Å²) in [5.41, 5.74) is 2.26. The molecule has 0 atom stereocenters. The molecule has 0 radical (unpaired) electrons. The Bertz CT molecular complexity index is 746. The molecule has 128 valence electrons. The molecule has 1 spiro atoms. The molecule has 0 amide bonds. The summed E-state index contributed by atoms with van der Waals surface area (Å²) < 4.78 is 0. The molecule has 5 heteroatoms. The maximum atomic E-state index is 12.6. The van der Waals surface area contributed by atoms with Gasteiger partial charge in [0.1, 0.15) is 0 Å². The molecule has 1 aliphatic carbocycles. The first-order valence-corrected chi connectivity index (χ1v) is 9.73. The monoisotopic (exact) mass is 343 g/mol. The van der Waals surface area contributed by atoms with Gasteiger partial charge in [-0.15, -0.1) is 11.3 Å². The lowest BCUT2D eigenvalue weighted by atomic mass is 9.91. The predicted octanol–water partition coefficient (Wildman–Crippen LogP) is 3.16. The van der Waals surface area contributed by atoms with E-state index >= 15 is 0 Å². The number of nitrogens with zero attached hydrogens (tertiary/aromatic N) is 2. The fourth-order valence-electron chi connectivity index (χ4n) is 4.37. The van der Waals surface area contributed by atoms with Crippen LogP contribution in [0.2, 0.25) is 0 Å². The lowest BCUT2D eigenvalue weighted by molar-refractivity contribution is 0.00439. The van der Waals surface area contributed by atoms with Crippen molar-refractivity contribution in [2.75, 3.05) is 26.7 Å². The van der Waals surface area contributed by atoms with E-state index in [9.17, 15) is 4.79 Å². The standard InChI is InChI=1S/C19H25N3OS/c1-21-8-9-22(19(14-21)6-2-3-7-19)13-15-12-20-16(11-17(15)23)18-5-4-10-24-18/h4-5,10-12H,2-3,6-9,13-14H2,1H3,(H,20,23). The Morgan fingerprint density at radius 1 is 1.29 bits per heavy atom. The molecule has 1 aliphatic heterocycles. The van der Waals surface area contributed by atoms with Gasteiger partial charge in [-0.3, -0.25) is 9.69 Å². The van der Waals surface area contributed by atoms with Gasteiger partial charge in [-0.25, -0.2) is 0 Å². The number of H-pyrrole nitrogens is 1. The van der Waals surface area contributed by atoms with Crippen LogP contribution in [0.15, 0.2) is 34.6 Å². The number of thiophene rings is 1. The molecule has 0 aromatic carbocycles. The summed E-state index contributed by atoms with van der Waals surface area (Å²) in [5, 5.41) is 2.04. The number of nitrogens with one attached hydrogen (secondary N) is 1. The molecule has 4 nitrogen and oxygen atoms in total. The third-order valence-electron chi connectivity index (χ3n) is 5.66. The normalized spacial score (nSPS) is 21.5. The van der Waals surface area contributed by atoms with Gasteiger partial charge < -0.3 is 9.88 Å². The summed E-state index contributed by atoms with van der Waals surface area (Å²) in [4.78, 5) is 22.1. The van der Waals surface area contributed by atoms with Crippen molar-refractivity contribution in [2.24, 2.45) is 0 Å². The van der Waals surface area contributed by atoms with Gasteiger partial charge in [0.25, 0.3) is 0 Å². The first-order valence-electron chi connectivity index (χ1n) is 8.85. The maximum Gasteiger partial charge on any atom is 0.186 e. The predicted molar refractivity (Wildman–Crippen MR) is 99.5 cm³/mol. The Hall–Kier alpha value is -1.43. The van der Waals surface area contributed by atoms with E-state index in [4.69, 9.17) is 0 Å². The molecule has 2 aromatic heterocycles. The third kappa shape index (κ3) is 2.96. The summed E-state index contributed by atoms with van der Waals surface area (Å²) in [6.45, 7) is 4.06. The SMILES string of the molecule is CN1CCN(Cc2c[nH]c(-c3cccs3)cc2=O)C2(CCCC2)C1. The van der Waals surface area contributed by atoms with Crippen LogP contribution in [0.4, 0.5) is 0 Å². The average Bonchev–Trinajstić information content (AvgIpc) is 3.24. The van der Waals surface area contributed by atoms with Crippen LogP contribution in [0, 0.1) is 0 Å². The van der Waals surface area contributed by atoms with Crippen molar-refractivity contribution in [2.45, 2.75) is 37.8 Å². The molecule has 4 rings (SSSR count). The molecular weight excluding hydrogens is 318 g/mol. The van der Waals surface area contributed by atoms with Gasteiger partial charge in [0.15, 0.2) is 5.43 Å². The number of pyridine rings is 1. The number of aromatic nitrogens is 1. The number of hydrogen-bond donors (Lipinski definition) is 1. The van der Waals surface area contributed by atoms with Crippen molar-refractivity contribution >= 4 is 11.3 Å². The second-order valence-electron chi connectivity index (χ2n) is 7.30. The molecular formula is C19H25N3OS. The van der Waals surface area contributed by atoms with Gasteiger partial charge in [-0.05, 0) is 31.3 Å². The van der Waals surface area contributed by atoms with Crippen molar-refractivity contribution in [3.63, 3.8) is 0 Å². The minimum atomic E-state index is 0.157. The lowest BCUT2D eigenvalue weighted by Crippen LogP contribution is -2.59. The molecule has 1 saturated carbocycles. The number of piperazine rings is 1. The minimum absolute atomic E-state index is 0.157. The zero-order chi connectivity index (χ0) is 16.6. The largest absolute Gasteiger partial charge is 0.360 e.